The van der Waals surface area contributed by atoms with Crippen LogP contribution in [0.4, 0.5) is 5.69 Å². The van der Waals surface area contributed by atoms with Crippen LogP contribution in [0.1, 0.15) is 24.8 Å². The second-order valence-electron chi connectivity index (χ2n) is 4.01. The average Bonchev–Trinajstić information content (AvgIpc) is 2.17. The highest BCUT2D eigenvalue weighted by atomic mass is 35.5. The lowest BCUT2D eigenvalue weighted by atomic mass is 9.93. The van der Waals surface area contributed by atoms with Crippen LogP contribution in [0.5, 0.6) is 0 Å². The van der Waals surface area contributed by atoms with E-state index in [0.717, 1.165) is 10.8 Å². The highest BCUT2D eigenvalue weighted by Gasteiger charge is 2.16. The molecule has 3 heteroatoms. The van der Waals surface area contributed by atoms with E-state index in [1.807, 2.05) is 6.07 Å². The maximum Gasteiger partial charge on any atom is 0.0447 e. The van der Waals surface area contributed by atoms with Crippen molar-refractivity contribution in [1.29, 1.82) is 0 Å². The molecule has 82 valence electrons. The van der Waals surface area contributed by atoms with E-state index in [9.17, 15) is 0 Å². The Morgan fingerprint density at radius 1 is 1.47 bits per heavy atom. The van der Waals surface area contributed by atoms with E-state index in [0.29, 0.717) is 6.04 Å². The SMILES string of the molecule is CSCc1cc(NC2CCC2)ccc1Cl. The number of benzene rings is 1. The third kappa shape index (κ3) is 2.82. The Kier molecular flexibility index (Phi) is 3.81. The zero-order chi connectivity index (χ0) is 10.7. The fourth-order valence-corrected chi connectivity index (χ4v) is 2.53. The first kappa shape index (κ1) is 11.2. The quantitative estimate of drug-likeness (QED) is 0.849. The molecule has 1 saturated carbocycles. The predicted molar refractivity (Wildman–Crippen MR) is 69.9 cm³/mol. The lowest BCUT2D eigenvalue weighted by Gasteiger charge is -2.27. The van der Waals surface area contributed by atoms with E-state index < -0.39 is 0 Å². The predicted octanol–water partition coefficient (Wildman–Crippen LogP) is 4.17. The van der Waals surface area contributed by atoms with Gasteiger partial charge in [-0.25, -0.2) is 0 Å². The van der Waals surface area contributed by atoms with Crippen LogP contribution < -0.4 is 5.32 Å². The minimum atomic E-state index is 0.688. The van der Waals surface area contributed by atoms with Crippen LogP contribution in [0.2, 0.25) is 5.02 Å². The Morgan fingerprint density at radius 2 is 2.27 bits per heavy atom. The second kappa shape index (κ2) is 5.13. The minimum absolute atomic E-state index is 0.688. The third-order valence-electron chi connectivity index (χ3n) is 2.82. The number of nitrogens with one attached hydrogen (secondary N) is 1. The third-order valence-corrected chi connectivity index (χ3v) is 3.79. The van der Waals surface area contributed by atoms with Crippen molar-refractivity contribution in [1.82, 2.24) is 0 Å². The van der Waals surface area contributed by atoms with Crippen LogP contribution in [0.25, 0.3) is 0 Å². The molecule has 1 nitrogen and oxygen atoms in total. The van der Waals surface area contributed by atoms with Crippen molar-refractivity contribution in [2.45, 2.75) is 31.1 Å². The average molecular weight is 242 g/mol. The van der Waals surface area contributed by atoms with Crippen LogP contribution in [0.3, 0.4) is 0 Å². The van der Waals surface area contributed by atoms with Gasteiger partial charge < -0.3 is 5.32 Å². The summed E-state index contributed by atoms with van der Waals surface area (Å²) in [7, 11) is 0. The molecule has 0 heterocycles. The molecule has 0 aliphatic heterocycles. The van der Waals surface area contributed by atoms with Crippen LogP contribution in [0, 0.1) is 0 Å². The Labute approximate surface area is 101 Å². The van der Waals surface area contributed by atoms with E-state index >= 15 is 0 Å². The minimum Gasteiger partial charge on any atom is -0.382 e. The van der Waals surface area contributed by atoms with E-state index in [1.165, 1.54) is 30.5 Å². The zero-order valence-corrected chi connectivity index (χ0v) is 10.5. The first-order valence-corrected chi connectivity index (χ1v) is 7.10. The van der Waals surface area contributed by atoms with Crippen LogP contribution in [0.15, 0.2) is 18.2 Å². The zero-order valence-electron chi connectivity index (χ0n) is 8.92. The Hall–Kier alpha value is -0.340. The maximum atomic E-state index is 6.12. The van der Waals surface area contributed by atoms with Gasteiger partial charge in [-0.15, -0.1) is 0 Å². The number of anilines is 1. The largest absolute Gasteiger partial charge is 0.382 e. The molecule has 0 amide bonds. The van der Waals surface area contributed by atoms with Gasteiger partial charge in [0.2, 0.25) is 0 Å². The van der Waals surface area contributed by atoms with Crippen molar-refractivity contribution in [3.05, 3.63) is 28.8 Å². The summed E-state index contributed by atoms with van der Waals surface area (Å²) < 4.78 is 0. The number of thioether (sulfide) groups is 1. The highest BCUT2D eigenvalue weighted by Crippen LogP contribution is 2.27. The highest BCUT2D eigenvalue weighted by molar-refractivity contribution is 7.97. The monoisotopic (exact) mass is 241 g/mol. The van der Waals surface area contributed by atoms with Crippen LogP contribution >= 0.6 is 23.4 Å². The lowest BCUT2D eigenvalue weighted by Crippen LogP contribution is -2.26. The normalized spacial score (nSPS) is 16.1. The molecule has 1 N–H and O–H groups in total. The standard InChI is InChI=1S/C12H16ClNS/c1-15-8-9-7-11(5-6-12(9)13)14-10-3-2-4-10/h5-7,10,14H,2-4,8H2,1H3. The fraction of sp³-hybridized carbons (Fsp3) is 0.500. The summed E-state index contributed by atoms with van der Waals surface area (Å²) in [6.07, 6.45) is 6.08. The molecule has 1 aliphatic carbocycles. The summed E-state index contributed by atoms with van der Waals surface area (Å²) in [6.45, 7) is 0. The summed E-state index contributed by atoms with van der Waals surface area (Å²) in [6, 6.07) is 6.93. The van der Waals surface area contributed by atoms with Crippen molar-refractivity contribution < 1.29 is 0 Å². The molecular formula is C12H16ClNS. The maximum absolute atomic E-state index is 6.12. The molecule has 0 unspecified atom stereocenters. The van der Waals surface area contributed by atoms with Gasteiger partial charge in [-0.1, -0.05) is 11.6 Å². The van der Waals surface area contributed by atoms with Gasteiger partial charge in [0.1, 0.15) is 0 Å². The Bertz CT molecular complexity index is 336. The number of hydrogen-bond acceptors (Lipinski definition) is 2. The van der Waals surface area contributed by atoms with Crippen molar-refractivity contribution in [2.24, 2.45) is 0 Å². The first-order valence-electron chi connectivity index (χ1n) is 5.33. The summed E-state index contributed by atoms with van der Waals surface area (Å²) in [4.78, 5) is 0. The summed E-state index contributed by atoms with van der Waals surface area (Å²) >= 11 is 7.92. The lowest BCUT2D eigenvalue weighted by molar-refractivity contribution is 0.445. The van der Waals surface area contributed by atoms with Gasteiger partial charge in [0.05, 0.1) is 0 Å². The van der Waals surface area contributed by atoms with Crippen molar-refractivity contribution >= 4 is 29.1 Å². The molecule has 1 aliphatic rings. The van der Waals surface area contributed by atoms with E-state index in [1.54, 1.807) is 11.8 Å². The van der Waals surface area contributed by atoms with E-state index in [4.69, 9.17) is 11.6 Å². The fourth-order valence-electron chi connectivity index (χ4n) is 1.72. The van der Waals surface area contributed by atoms with Gasteiger partial charge in [0, 0.05) is 22.5 Å². The van der Waals surface area contributed by atoms with Gasteiger partial charge in [0.25, 0.3) is 0 Å². The van der Waals surface area contributed by atoms with Gasteiger partial charge in [-0.2, -0.15) is 11.8 Å². The van der Waals surface area contributed by atoms with Gasteiger partial charge in [0.15, 0.2) is 0 Å². The van der Waals surface area contributed by atoms with Crippen molar-refractivity contribution in [3.63, 3.8) is 0 Å². The first-order chi connectivity index (χ1) is 7.29. The molecule has 0 aromatic heterocycles. The molecule has 1 aromatic carbocycles. The molecule has 1 fully saturated rings. The molecule has 0 radical (unpaired) electrons. The van der Waals surface area contributed by atoms with E-state index in [-0.39, 0.29) is 0 Å². The number of rotatable bonds is 4. The van der Waals surface area contributed by atoms with Crippen LogP contribution in [-0.2, 0) is 5.75 Å². The van der Waals surface area contributed by atoms with Crippen molar-refractivity contribution in [2.75, 3.05) is 11.6 Å². The molecule has 0 saturated heterocycles. The second-order valence-corrected chi connectivity index (χ2v) is 5.28. The van der Waals surface area contributed by atoms with Gasteiger partial charge in [-0.05, 0) is 49.3 Å². The Morgan fingerprint density at radius 3 is 2.87 bits per heavy atom. The van der Waals surface area contributed by atoms with Gasteiger partial charge >= 0.3 is 0 Å². The van der Waals surface area contributed by atoms with E-state index in [2.05, 4.69) is 23.7 Å². The molecule has 15 heavy (non-hydrogen) atoms. The van der Waals surface area contributed by atoms with Crippen LogP contribution in [-0.4, -0.2) is 12.3 Å². The molecule has 1 aromatic rings. The summed E-state index contributed by atoms with van der Waals surface area (Å²) in [5.41, 5.74) is 2.45. The molecular weight excluding hydrogens is 226 g/mol. The number of halogens is 1. The van der Waals surface area contributed by atoms with Crippen molar-refractivity contribution in [3.8, 4) is 0 Å². The molecule has 0 atom stereocenters. The smallest absolute Gasteiger partial charge is 0.0447 e. The topological polar surface area (TPSA) is 12.0 Å². The molecule has 2 rings (SSSR count). The van der Waals surface area contributed by atoms with Gasteiger partial charge in [-0.3, -0.25) is 0 Å². The molecule has 0 spiro atoms. The number of hydrogen-bond donors (Lipinski definition) is 1. The Balaban J connectivity index is 2.06. The summed E-state index contributed by atoms with van der Waals surface area (Å²) in [5, 5.41) is 4.41. The summed E-state index contributed by atoms with van der Waals surface area (Å²) in [5.74, 6) is 0.985. The molecule has 0 bridgehead atoms.